The molecule has 2 aliphatic heterocycles. The fourth-order valence-corrected chi connectivity index (χ4v) is 5.12. The lowest BCUT2D eigenvalue weighted by Gasteiger charge is -2.47. The first-order chi connectivity index (χ1) is 12.6. The smallest absolute Gasteiger partial charge is 0.335 e. The molecule has 2 fully saturated rings. The van der Waals surface area contributed by atoms with Gasteiger partial charge in [0.05, 0.1) is 5.56 Å². The number of fused-ring (bicyclic) bond motifs is 1. The molecule has 2 saturated heterocycles. The summed E-state index contributed by atoms with van der Waals surface area (Å²) in [5.41, 5.74) is 0.241. The number of anilines is 1. The number of benzene rings is 1. The van der Waals surface area contributed by atoms with E-state index in [2.05, 4.69) is 0 Å². The lowest BCUT2D eigenvalue weighted by atomic mass is 9.98. The van der Waals surface area contributed by atoms with Crippen molar-refractivity contribution in [3.8, 4) is 0 Å². The minimum absolute atomic E-state index is 0.0217. The number of thioether (sulfide) groups is 1. The number of carbonyl (C=O) groups is 4. The Morgan fingerprint density at radius 1 is 1.30 bits per heavy atom. The summed E-state index contributed by atoms with van der Waals surface area (Å²) in [5, 5.41) is 18.1. The number of nitrogens with zero attached hydrogens (tertiary/aromatic N) is 2. The number of carboxylic acids is 2. The number of amides is 2. The molecule has 2 N–H and O–H groups in total. The zero-order chi connectivity index (χ0) is 20.1. The Labute approximate surface area is 158 Å². The van der Waals surface area contributed by atoms with Gasteiger partial charge in [0.25, 0.3) is 5.91 Å². The van der Waals surface area contributed by atoms with Crippen LogP contribution in [0.2, 0.25) is 0 Å². The minimum atomic E-state index is -1.19. The van der Waals surface area contributed by atoms with Crippen LogP contribution in [0.1, 0.15) is 24.2 Å². The molecule has 1 aromatic rings. The highest BCUT2D eigenvalue weighted by molar-refractivity contribution is 8.01. The van der Waals surface area contributed by atoms with Crippen molar-refractivity contribution in [2.24, 2.45) is 0 Å². The largest absolute Gasteiger partial charge is 0.480 e. The van der Waals surface area contributed by atoms with Crippen LogP contribution in [0.25, 0.3) is 0 Å². The Bertz CT molecular complexity index is 844. The Balaban J connectivity index is 1.99. The van der Waals surface area contributed by atoms with E-state index in [1.807, 2.05) is 0 Å². The summed E-state index contributed by atoms with van der Waals surface area (Å²) in [7, 11) is 1.37. The average Bonchev–Trinajstić information content (AvgIpc) is 2.89. The van der Waals surface area contributed by atoms with E-state index in [1.165, 1.54) is 48.1 Å². The number of aliphatic carboxylic acids is 1. The first-order valence-electron chi connectivity index (χ1n) is 8.03. The molecule has 1 unspecified atom stereocenters. The summed E-state index contributed by atoms with van der Waals surface area (Å²) in [6.45, 7) is 2.86. The van der Waals surface area contributed by atoms with Crippen LogP contribution in [-0.4, -0.2) is 68.4 Å². The van der Waals surface area contributed by atoms with Gasteiger partial charge in [0.1, 0.15) is 16.3 Å². The van der Waals surface area contributed by atoms with Gasteiger partial charge in [0.2, 0.25) is 5.91 Å². The quantitative estimate of drug-likeness (QED) is 0.704. The molecule has 2 heterocycles. The van der Waals surface area contributed by atoms with Crippen LogP contribution in [0.3, 0.4) is 0 Å². The molecule has 27 heavy (non-hydrogen) atoms. The van der Waals surface area contributed by atoms with Crippen LogP contribution < -0.4 is 4.90 Å². The highest BCUT2D eigenvalue weighted by Crippen LogP contribution is 2.53. The van der Waals surface area contributed by atoms with Gasteiger partial charge in [0, 0.05) is 19.7 Å². The number of rotatable bonds is 5. The SMILES string of the molecule is CO[C@@]1(C)S[C@@H]2[C@H](N(C(C)=O)c3cccc(C(=O)O)c3)C(=O)N2C1C(=O)O. The molecule has 0 aromatic heterocycles. The van der Waals surface area contributed by atoms with Crippen LogP contribution in [-0.2, 0) is 19.1 Å². The second kappa shape index (κ2) is 6.54. The molecular formula is C17H18N2O7S. The van der Waals surface area contributed by atoms with E-state index < -0.39 is 46.1 Å². The molecule has 0 bridgehead atoms. The number of carboxylic acid groups (broad SMARTS) is 2. The van der Waals surface area contributed by atoms with Crippen molar-refractivity contribution in [1.82, 2.24) is 4.90 Å². The van der Waals surface area contributed by atoms with Crippen LogP contribution in [0.4, 0.5) is 5.69 Å². The van der Waals surface area contributed by atoms with Crippen molar-refractivity contribution in [1.29, 1.82) is 0 Å². The van der Waals surface area contributed by atoms with Gasteiger partial charge in [-0.2, -0.15) is 0 Å². The van der Waals surface area contributed by atoms with Crippen LogP contribution in [0.5, 0.6) is 0 Å². The second-order valence-corrected chi connectivity index (χ2v) is 7.93. The molecule has 10 heteroatoms. The van der Waals surface area contributed by atoms with Crippen molar-refractivity contribution in [3.63, 3.8) is 0 Å². The van der Waals surface area contributed by atoms with Gasteiger partial charge < -0.3 is 19.8 Å². The van der Waals surface area contributed by atoms with E-state index in [0.717, 1.165) is 11.8 Å². The Morgan fingerprint density at radius 2 is 1.96 bits per heavy atom. The monoisotopic (exact) mass is 394 g/mol. The van der Waals surface area contributed by atoms with Gasteiger partial charge in [0.15, 0.2) is 6.04 Å². The van der Waals surface area contributed by atoms with Crippen molar-refractivity contribution in [2.75, 3.05) is 12.0 Å². The minimum Gasteiger partial charge on any atom is -0.480 e. The normalized spacial score (nSPS) is 29.1. The first-order valence-corrected chi connectivity index (χ1v) is 8.91. The summed E-state index contributed by atoms with van der Waals surface area (Å²) < 4.78 is 5.35. The summed E-state index contributed by atoms with van der Waals surface area (Å²) in [4.78, 5) is 49.2. The fourth-order valence-electron chi connectivity index (χ4n) is 3.49. The molecule has 0 saturated carbocycles. The van der Waals surface area contributed by atoms with Crippen LogP contribution in [0, 0.1) is 0 Å². The predicted octanol–water partition coefficient (Wildman–Crippen LogP) is 0.837. The fraction of sp³-hybridized carbons (Fsp3) is 0.412. The number of hydrogen-bond acceptors (Lipinski definition) is 6. The van der Waals surface area contributed by atoms with E-state index in [4.69, 9.17) is 4.74 Å². The molecule has 3 rings (SSSR count). The summed E-state index contributed by atoms with van der Waals surface area (Å²) in [6, 6.07) is 3.59. The number of aromatic carboxylic acids is 1. The van der Waals surface area contributed by atoms with Gasteiger partial charge in [-0.05, 0) is 25.1 Å². The maximum Gasteiger partial charge on any atom is 0.335 e. The predicted molar refractivity (Wildman–Crippen MR) is 95.4 cm³/mol. The van der Waals surface area contributed by atoms with Crippen molar-refractivity contribution in [3.05, 3.63) is 29.8 Å². The highest BCUT2D eigenvalue weighted by atomic mass is 32.2. The maximum atomic E-state index is 12.8. The average molecular weight is 394 g/mol. The van der Waals surface area contributed by atoms with Gasteiger partial charge in [-0.15, -0.1) is 0 Å². The third-order valence-corrected chi connectivity index (χ3v) is 6.39. The van der Waals surface area contributed by atoms with Crippen molar-refractivity contribution < 1.29 is 34.1 Å². The standard InChI is InChI=1S/C17H18N2O7S/c1-8(20)18(10-6-4-5-9(7-10)15(22)23)11-13(21)19-12(16(24)25)17(2,26-3)27-14(11)19/h4-7,11-12,14H,1-3H3,(H,22,23)(H,24,25)/t11-,12?,14-,17+/m1/s1. The summed E-state index contributed by atoms with van der Waals surface area (Å²) in [5.74, 6) is -3.32. The van der Waals surface area contributed by atoms with Crippen LogP contribution in [0.15, 0.2) is 24.3 Å². The first kappa shape index (κ1) is 19.2. The van der Waals surface area contributed by atoms with Gasteiger partial charge in [-0.1, -0.05) is 17.8 Å². The number of β-lactam (4-membered cyclic amide) rings is 1. The molecular weight excluding hydrogens is 376 g/mol. The van der Waals surface area contributed by atoms with E-state index in [-0.39, 0.29) is 11.3 Å². The Morgan fingerprint density at radius 3 is 2.48 bits per heavy atom. The van der Waals surface area contributed by atoms with E-state index >= 15 is 0 Å². The molecule has 2 aliphatic rings. The van der Waals surface area contributed by atoms with Gasteiger partial charge >= 0.3 is 11.9 Å². The Kier molecular flexibility index (Phi) is 4.64. The number of methoxy groups -OCH3 is 1. The van der Waals surface area contributed by atoms with E-state index in [9.17, 15) is 29.4 Å². The second-order valence-electron chi connectivity index (χ2n) is 6.40. The zero-order valence-electron chi connectivity index (χ0n) is 14.8. The van der Waals surface area contributed by atoms with Crippen molar-refractivity contribution >= 4 is 41.2 Å². The van der Waals surface area contributed by atoms with Crippen LogP contribution >= 0.6 is 11.8 Å². The highest BCUT2D eigenvalue weighted by Gasteiger charge is 2.67. The lowest BCUT2D eigenvalue weighted by Crippen LogP contribution is -2.71. The lowest BCUT2D eigenvalue weighted by molar-refractivity contribution is -0.164. The molecule has 0 spiro atoms. The van der Waals surface area contributed by atoms with E-state index in [1.54, 1.807) is 6.92 Å². The summed E-state index contributed by atoms with van der Waals surface area (Å²) in [6.07, 6.45) is 0. The van der Waals surface area contributed by atoms with Gasteiger partial charge in [-0.3, -0.25) is 14.5 Å². The number of hydrogen-bond donors (Lipinski definition) is 2. The molecule has 144 valence electrons. The number of carbonyl (C=O) groups excluding carboxylic acids is 2. The Hall–Kier alpha value is -2.59. The van der Waals surface area contributed by atoms with E-state index in [0.29, 0.717) is 0 Å². The molecule has 9 nitrogen and oxygen atoms in total. The third-order valence-electron chi connectivity index (χ3n) is 4.81. The molecule has 4 atom stereocenters. The molecule has 0 aliphatic carbocycles. The third kappa shape index (κ3) is 2.85. The molecule has 0 radical (unpaired) electrons. The van der Waals surface area contributed by atoms with Gasteiger partial charge in [-0.25, -0.2) is 9.59 Å². The molecule has 2 amide bonds. The topological polar surface area (TPSA) is 124 Å². The molecule has 1 aromatic carbocycles. The maximum absolute atomic E-state index is 12.8. The summed E-state index contributed by atoms with van der Waals surface area (Å²) >= 11 is 1.15. The number of ether oxygens (including phenoxy) is 1. The zero-order valence-corrected chi connectivity index (χ0v) is 15.6. The van der Waals surface area contributed by atoms with Crippen molar-refractivity contribution in [2.45, 2.75) is 36.2 Å².